The Bertz CT molecular complexity index is 2030. The second-order valence-corrected chi connectivity index (χ2v) is 14.6. The average molecular weight is 911 g/mol. The molecule has 240 valence electrons. The van der Waals surface area contributed by atoms with Gasteiger partial charge < -0.3 is 0 Å². The summed E-state index contributed by atoms with van der Waals surface area (Å²) in [6.45, 7) is 6.11. The number of nitrogens with zero attached hydrogens (tertiary/aromatic N) is 4. The van der Waals surface area contributed by atoms with E-state index in [1.165, 1.54) is 11.1 Å². The highest BCUT2D eigenvalue weighted by atomic mass is 79.9. The van der Waals surface area contributed by atoms with Gasteiger partial charge in [0.1, 0.15) is 0 Å². The van der Waals surface area contributed by atoms with Crippen molar-refractivity contribution in [2.45, 2.75) is 20.8 Å². The Morgan fingerprint density at radius 2 is 0.958 bits per heavy atom. The number of nitriles is 1. The Labute approximate surface area is 319 Å². The van der Waals surface area contributed by atoms with Gasteiger partial charge in [0.15, 0.2) is 17.5 Å². The smallest absolute Gasteiger partial charge is 0.252 e. The number of hydrogen-bond donors (Lipinski definition) is 0. The summed E-state index contributed by atoms with van der Waals surface area (Å²) < 4.78 is 3.59. The van der Waals surface area contributed by atoms with Crippen molar-refractivity contribution >= 4 is 80.6 Å². The summed E-state index contributed by atoms with van der Waals surface area (Å²) in [4.78, 5) is 25.0. The maximum Gasteiger partial charge on any atom is 0.252 e. The first-order valence-electron chi connectivity index (χ1n) is 14.4. The van der Waals surface area contributed by atoms with Crippen LogP contribution in [-0.4, -0.2) is 20.2 Å². The Morgan fingerprint density at radius 3 is 1.33 bits per heavy atom. The minimum absolute atomic E-state index is 0.452. The van der Waals surface area contributed by atoms with Crippen molar-refractivity contribution in [3.8, 4) is 40.2 Å². The fourth-order valence-corrected chi connectivity index (χ4v) is 7.09. The minimum Gasteiger partial charge on any atom is -0.276 e. The molecule has 0 saturated carbocycles. The monoisotopic (exact) mass is 906 g/mol. The largest absolute Gasteiger partial charge is 0.276 e. The van der Waals surface area contributed by atoms with E-state index in [1.54, 1.807) is 18.2 Å². The highest BCUT2D eigenvalue weighted by Crippen LogP contribution is 2.29. The van der Waals surface area contributed by atoms with Gasteiger partial charge in [0.2, 0.25) is 0 Å². The quantitative estimate of drug-likeness (QED) is 0.165. The predicted octanol–water partition coefficient (Wildman–Crippen LogP) is 12.5. The molecule has 10 heteroatoms. The molecule has 1 heterocycles. The zero-order chi connectivity index (χ0) is 34.8. The molecule has 0 radical (unpaired) electrons. The molecule has 0 aliphatic rings. The van der Waals surface area contributed by atoms with E-state index in [2.05, 4.69) is 108 Å². The Balaban J connectivity index is 0.000000212. The molecule has 0 spiro atoms. The number of rotatable bonds is 4. The summed E-state index contributed by atoms with van der Waals surface area (Å²) in [6.07, 6.45) is 0. The number of hydrogen-bond acceptors (Lipinski definition) is 5. The second kappa shape index (κ2) is 17.8. The Hall–Kier alpha value is -3.52. The molecule has 6 aromatic rings. The van der Waals surface area contributed by atoms with Gasteiger partial charge in [-0.25, -0.2) is 15.0 Å². The SMILES string of the molecule is Cc1cccc(-c2nc(-c3cccc(C)c3)nc(-c3cc(Br)cc(Br)c3)n2)c1.Cc1cccc(C#N)c1.O=C(Cl)c1cc(Br)cc(Br)c1. The van der Waals surface area contributed by atoms with Crippen LogP contribution in [0.15, 0.2) is 127 Å². The van der Waals surface area contributed by atoms with Crippen molar-refractivity contribution < 1.29 is 4.79 Å². The molecule has 5 nitrogen and oxygen atoms in total. The van der Waals surface area contributed by atoms with Crippen LogP contribution < -0.4 is 0 Å². The first-order chi connectivity index (χ1) is 22.9. The first-order valence-corrected chi connectivity index (χ1v) is 17.9. The van der Waals surface area contributed by atoms with Gasteiger partial charge in [-0.2, -0.15) is 5.26 Å². The van der Waals surface area contributed by atoms with E-state index in [0.29, 0.717) is 23.0 Å². The van der Waals surface area contributed by atoms with Crippen molar-refractivity contribution in [3.63, 3.8) is 0 Å². The van der Waals surface area contributed by atoms with Gasteiger partial charge in [-0.15, -0.1) is 0 Å². The van der Waals surface area contributed by atoms with Gasteiger partial charge in [0.25, 0.3) is 5.24 Å². The molecule has 0 saturated heterocycles. The molecule has 1 aromatic heterocycles. The Morgan fingerprint density at radius 1 is 0.562 bits per heavy atom. The number of aromatic nitrogens is 3. The van der Waals surface area contributed by atoms with Crippen LogP contribution >= 0.6 is 75.3 Å². The fraction of sp³-hybridized carbons (Fsp3) is 0.0789. The molecule has 0 atom stereocenters. The van der Waals surface area contributed by atoms with E-state index >= 15 is 0 Å². The van der Waals surface area contributed by atoms with Crippen molar-refractivity contribution in [1.29, 1.82) is 5.26 Å². The highest BCUT2D eigenvalue weighted by Gasteiger charge is 2.13. The van der Waals surface area contributed by atoms with Gasteiger partial charge in [-0.05, 0) is 98.6 Å². The van der Waals surface area contributed by atoms with Crippen LogP contribution in [0.25, 0.3) is 34.2 Å². The van der Waals surface area contributed by atoms with Crippen molar-refractivity contribution in [3.05, 3.63) is 155 Å². The molecular formula is C38H27Br4ClN4O. The molecule has 0 bridgehead atoms. The van der Waals surface area contributed by atoms with E-state index in [-0.39, 0.29) is 0 Å². The number of carbonyl (C=O) groups is 1. The van der Waals surface area contributed by atoms with Crippen LogP contribution in [0.3, 0.4) is 0 Å². The molecule has 0 unspecified atom stereocenters. The van der Waals surface area contributed by atoms with Gasteiger partial charge in [-0.1, -0.05) is 123 Å². The van der Waals surface area contributed by atoms with Crippen molar-refractivity contribution in [2.24, 2.45) is 0 Å². The third-order valence-electron chi connectivity index (χ3n) is 6.55. The molecule has 0 aliphatic heterocycles. The van der Waals surface area contributed by atoms with Crippen LogP contribution in [0.4, 0.5) is 0 Å². The molecular weight excluding hydrogens is 884 g/mol. The third kappa shape index (κ3) is 11.3. The topological polar surface area (TPSA) is 79.5 Å². The zero-order valence-electron chi connectivity index (χ0n) is 26.0. The molecule has 0 aliphatic carbocycles. The Kier molecular flexibility index (Phi) is 13.8. The van der Waals surface area contributed by atoms with Gasteiger partial charge >= 0.3 is 0 Å². The summed E-state index contributed by atoms with van der Waals surface area (Å²) in [7, 11) is 0. The maximum atomic E-state index is 10.7. The molecule has 0 N–H and O–H groups in total. The molecule has 0 fully saturated rings. The summed E-state index contributed by atoms with van der Waals surface area (Å²) in [5.41, 5.74) is 7.56. The molecule has 0 amide bonds. The van der Waals surface area contributed by atoms with Crippen LogP contribution in [0.5, 0.6) is 0 Å². The highest BCUT2D eigenvalue weighted by molar-refractivity contribution is 9.11. The van der Waals surface area contributed by atoms with Gasteiger partial charge in [0.05, 0.1) is 11.6 Å². The number of benzene rings is 5. The van der Waals surface area contributed by atoms with Gasteiger partial charge in [-0.3, -0.25) is 4.79 Å². The minimum atomic E-state index is -0.452. The molecule has 5 aromatic carbocycles. The summed E-state index contributed by atoms with van der Waals surface area (Å²) in [5, 5.41) is 7.96. The van der Waals surface area contributed by atoms with Crippen LogP contribution in [-0.2, 0) is 0 Å². The third-order valence-corrected chi connectivity index (χ3v) is 8.59. The zero-order valence-corrected chi connectivity index (χ0v) is 33.1. The molecule has 6 rings (SSSR count). The van der Waals surface area contributed by atoms with Crippen LogP contribution in [0, 0.1) is 32.1 Å². The fourth-order valence-electron chi connectivity index (χ4n) is 4.40. The lowest BCUT2D eigenvalue weighted by molar-refractivity contribution is 0.108. The van der Waals surface area contributed by atoms with Crippen LogP contribution in [0.1, 0.15) is 32.6 Å². The summed E-state index contributed by atoms with van der Waals surface area (Å²) in [5.74, 6) is 1.98. The molecule has 48 heavy (non-hydrogen) atoms. The van der Waals surface area contributed by atoms with Crippen molar-refractivity contribution in [2.75, 3.05) is 0 Å². The normalized spacial score (nSPS) is 10.1. The lowest BCUT2D eigenvalue weighted by Crippen LogP contribution is -2.00. The first kappa shape index (κ1) is 37.3. The number of carbonyl (C=O) groups excluding carboxylic acids is 1. The predicted molar refractivity (Wildman–Crippen MR) is 209 cm³/mol. The summed E-state index contributed by atoms with van der Waals surface area (Å²) >= 11 is 18.9. The van der Waals surface area contributed by atoms with E-state index in [4.69, 9.17) is 31.8 Å². The van der Waals surface area contributed by atoms with Crippen molar-refractivity contribution in [1.82, 2.24) is 15.0 Å². The maximum absolute atomic E-state index is 10.7. The summed E-state index contributed by atoms with van der Waals surface area (Å²) in [6, 6.07) is 37.2. The number of halogens is 5. The second-order valence-electron chi connectivity index (χ2n) is 10.6. The number of aryl methyl sites for hydroxylation is 3. The van der Waals surface area contributed by atoms with E-state index < -0.39 is 5.24 Å². The van der Waals surface area contributed by atoms with E-state index in [1.807, 2.05) is 73.7 Å². The lowest BCUT2D eigenvalue weighted by atomic mass is 10.1. The van der Waals surface area contributed by atoms with E-state index in [9.17, 15) is 4.79 Å². The van der Waals surface area contributed by atoms with E-state index in [0.717, 1.165) is 45.7 Å². The standard InChI is InChI=1S/C23H17Br2N3.C8H7N.C7H3Br2ClO/c1-14-5-3-7-16(9-14)21-26-22(17-8-4-6-15(2)10-17)28-23(27-21)18-11-19(24)13-20(25)12-18;1-7-3-2-4-8(5-7)6-9;8-5-1-4(7(10)11)2-6(9)3-5/h3-13H,1-2H3;2-5H,1H3;1-3H. The lowest BCUT2D eigenvalue weighted by Gasteiger charge is -2.10. The average Bonchev–Trinajstić information content (AvgIpc) is 3.04. The van der Waals surface area contributed by atoms with Gasteiger partial charge in [0, 0.05) is 40.1 Å². The van der Waals surface area contributed by atoms with Crippen LogP contribution in [0.2, 0.25) is 0 Å².